The number of halogens is 1. The predicted molar refractivity (Wildman–Crippen MR) is 62.7 cm³/mol. The standard InChI is InChI=1S/C12H19FN2O/c1-12(9-14,15-6-7-16)8-10-4-2-3-5-11(10)13/h2-5,15-16H,6-9,14H2,1H3. The first kappa shape index (κ1) is 13.1. The van der Waals surface area contributed by atoms with Gasteiger partial charge in [-0.05, 0) is 25.0 Å². The Morgan fingerprint density at radius 3 is 2.69 bits per heavy atom. The van der Waals surface area contributed by atoms with Gasteiger partial charge < -0.3 is 16.2 Å². The second kappa shape index (κ2) is 5.94. The van der Waals surface area contributed by atoms with Crippen LogP contribution in [0.3, 0.4) is 0 Å². The molecule has 1 atom stereocenters. The summed E-state index contributed by atoms with van der Waals surface area (Å²) in [5, 5.41) is 11.9. The molecule has 1 aromatic rings. The first-order valence-corrected chi connectivity index (χ1v) is 5.41. The fraction of sp³-hybridized carbons (Fsp3) is 0.500. The van der Waals surface area contributed by atoms with Gasteiger partial charge in [-0.25, -0.2) is 4.39 Å². The Hall–Kier alpha value is -0.970. The summed E-state index contributed by atoms with van der Waals surface area (Å²) in [6.45, 7) is 2.82. The lowest BCUT2D eigenvalue weighted by atomic mass is 9.92. The van der Waals surface area contributed by atoms with Gasteiger partial charge in [0, 0.05) is 18.6 Å². The van der Waals surface area contributed by atoms with Crippen LogP contribution < -0.4 is 11.1 Å². The van der Waals surface area contributed by atoms with Gasteiger partial charge in [0.05, 0.1) is 6.61 Å². The zero-order valence-electron chi connectivity index (χ0n) is 9.54. The first-order valence-electron chi connectivity index (χ1n) is 5.41. The van der Waals surface area contributed by atoms with E-state index in [0.717, 1.165) is 0 Å². The molecule has 0 aliphatic carbocycles. The van der Waals surface area contributed by atoms with Gasteiger partial charge in [0.25, 0.3) is 0 Å². The van der Waals surface area contributed by atoms with Gasteiger partial charge in [-0.3, -0.25) is 0 Å². The first-order chi connectivity index (χ1) is 7.61. The minimum Gasteiger partial charge on any atom is -0.395 e. The van der Waals surface area contributed by atoms with Crippen molar-refractivity contribution in [1.82, 2.24) is 5.32 Å². The lowest BCUT2D eigenvalue weighted by Gasteiger charge is -2.29. The van der Waals surface area contributed by atoms with E-state index >= 15 is 0 Å². The summed E-state index contributed by atoms with van der Waals surface area (Å²) in [6, 6.07) is 6.67. The van der Waals surface area contributed by atoms with Gasteiger partial charge in [0.2, 0.25) is 0 Å². The van der Waals surface area contributed by atoms with Gasteiger partial charge in [-0.15, -0.1) is 0 Å². The molecule has 0 aliphatic rings. The fourth-order valence-corrected chi connectivity index (χ4v) is 1.63. The van der Waals surface area contributed by atoms with Crippen molar-refractivity contribution < 1.29 is 9.50 Å². The molecule has 16 heavy (non-hydrogen) atoms. The molecule has 0 heterocycles. The highest BCUT2D eigenvalue weighted by atomic mass is 19.1. The summed E-state index contributed by atoms with van der Waals surface area (Å²) in [6.07, 6.45) is 0.510. The van der Waals surface area contributed by atoms with Crippen LogP contribution in [-0.2, 0) is 6.42 Å². The molecule has 1 unspecified atom stereocenters. The molecule has 1 rings (SSSR count). The number of rotatable bonds is 6. The van der Waals surface area contributed by atoms with Crippen molar-refractivity contribution >= 4 is 0 Å². The normalized spacial score (nSPS) is 14.8. The molecular formula is C12H19FN2O. The number of β-amino-alcohol motifs (C(OH)–C–C–N with tert-alkyl or cyclic N) is 1. The maximum Gasteiger partial charge on any atom is 0.126 e. The lowest BCUT2D eigenvalue weighted by molar-refractivity contribution is 0.259. The van der Waals surface area contributed by atoms with Gasteiger partial charge in [0.15, 0.2) is 0 Å². The molecule has 0 saturated heterocycles. The Labute approximate surface area is 95.5 Å². The third kappa shape index (κ3) is 3.56. The van der Waals surface area contributed by atoms with Gasteiger partial charge in [-0.2, -0.15) is 0 Å². The minimum absolute atomic E-state index is 0.0485. The van der Waals surface area contributed by atoms with Crippen LogP contribution in [0.4, 0.5) is 4.39 Å². The molecule has 0 fully saturated rings. The van der Waals surface area contributed by atoms with Gasteiger partial charge in [0.1, 0.15) is 5.82 Å². The molecule has 0 bridgehead atoms. The van der Waals surface area contributed by atoms with Crippen LogP contribution in [0, 0.1) is 5.82 Å². The summed E-state index contributed by atoms with van der Waals surface area (Å²) < 4.78 is 13.5. The van der Waals surface area contributed by atoms with Crippen LogP contribution in [0.25, 0.3) is 0 Å². The van der Waals surface area contributed by atoms with Gasteiger partial charge in [-0.1, -0.05) is 18.2 Å². The summed E-state index contributed by atoms with van der Waals surface area (Å²) in [5.41, 5.74) is 5.93. The van der Waals surface area contributed by atoms with E-state index in [1.807, 2.05) is 6.92 Å². The van der Waals surface area contributed by atoms with E-state index in [2.05, 4.69) is 5.32 Å². The second-order valence-electron chi connectivity index (χ2n) is 4.18. The number of nitrogens with two attached hydrogens (primary N) is 1. The predicted octanol–water partition coefficient (Wildman–Crippen LogP) is 0.667. The van der Waals surface area contributed by atoms with Crippen molar-refractivity contribution in [1.29, 1.82) is 0 Å². The molecule has 0 aliphatic heterocycles. The zero-order chi connectivity index (χ0) is 12.0. The second-order valence-corrected chi connectivity index (χ2v) is 4.18. The lowest BCUT2D eigenvalue weighted by Crippen LogP contribution is -2.51. The molecule has 4 N–H and O–H groups in total. The van der Waals surface area contributed by atoms with E-state index in [9.17, 15) is 4.39 Å². The van der Waals surface area contributed by atoms with E-state index < -0.39 is 0 Å². The minimum atomic E-state index is -0.384. The van der Waals surface area contributed by atoms with Gasteiger partial charge >= 0.3 is 0 Å². The molecule has 0 amide bonds. The Bertz CT molecular complexity index is 333. The van der Waals surface area contributed by atoms with Crippen molar-refractivity contribution in [3.8, 4) is 0 Å². The largest absolute Gasteiger partial charge is 0.395 e. The SMILES string of the molecule is CC(CN)(Cc1ccccc1F)NCCO. The highest BCUT2D eigenvalue weighted by Crippen LogP contribution is 2.15. The number of aliphatic hydroxyl groups excluding tert-OH is 1. The summed E-state index contributed by atoms with van der Waals surface area (Å²) in [7, 11) is 0. The molecular weight excluding hydrogens is 207 g/mol. The average molecular weight is 226 g/mol. The Balaban J connectivity index is 2.72. The molecule has 0 aromatic heterocycles. The molecule has 4 heteroatoms. The highest BCUT2D eigenvalue weighted by Gasteiger charge is 2.23. The van der Waals surface area contributed by atoms with Crippen molar-refractivity contribution in [2.75, 3.05) is 19.7 Å². The summed E-state index contributed by atoms with van der Waals surface area (Å²) in [4.78, 5) is 0. The molecule has 3 nitrogen and oxygen atoms in total. The summed E-state index contributed by atoms with van der Waals surface area (Å²) in [5.74, 6) is -0.215. The maximum absolute atomic E-state index is 13.5. The summed E-state index contributed by atoms with van der Waals surface area (Å²) >= 11 is 0. The van der Waals surface area contributed by atoms with E-state index in [1.54, 1.807) is 18.2 Å². The van der Waals surface area contributed by atoms with Crippen LogP contribution in [0.5, 0.6) is 0 Å². The van der Waals surface area contributed by atoms with Crippen molar-refractivity contribution in [3.63, 3.8) is 0 Å². The Kier molecular flexibility index (Phi) is 4.86. The van der Waals surface area contributed by atoms with Crippen LogP contribution in [0.2, 0.25) is 0 Å². The third-order valence-corrected chi connectivity index (χ3v) is 2.65. The molecule has 90 valence electrons. The van der Waals surface area contributed by atoms with Crippen LogP contribution in [0.15, 0.2) is 24.3 Å². The topological polar surface area (TPSA) is 58.3 Å². The van der Waals surface area contributed by atoms with E-state index in [0.29, 0.717) is 25.1 Å². The van der Waals surface area contributed by atoms with Crippen LogP contribution in [0.1, 0.15) is 12.5 Å². The number of benzene rings is 1. The van der Waals surface area contributed by atoms with Crippen LogP contribution in [-0.4, -0.2) is 30.3 Å². The third-order valence-electron chi connectivity index (χ3n) is 2.65. The smallest absolute Gasteiger partial charge is 0.126 e. The monoisotopic (exact) mass is 226 g/mol. The Morgan fingerprint density at radius 2 is 2.12 bits per heavy atom. The fourth-order valence-electron chi connectivity index (χ4n) is 1.63. The van der Waals surface area contributed by atoms with Crippen LogP contribution >= 0.6 is 0 Å². The Morgan fingerprint density at radius 1 is 1.44 bits per heavy atom. The van der Waals surface area contributed by atoms with Crippen molar-refractivity contribution in [2.24, 2.45) is 5.73 Å². The number of hydrogen-bond donors (Lipinski definition) is 3. The van der Waals surface area contributed by atoms with Crippen molar-refractivity contribution in [3.05, 3.63) is 35.6 Å². The van der Waals surface area contributed by atoms with E-state index in [4.69, 9.17) is 10.8 Å². The molecule has 0 radical (unpaired) electrons. The van der Waals surface area contributed by atoms with E-state index in [1.165, 1.54) is 6.07 Å². The number of nitrogens with one attached hydrogen (secondary N) is 1. The average Bonchev–Trinajstić information content (AvgIpc) is 2.30. The van der Waals surface area contributed by atoms with Crippen molar-refractivity contribution in [2.45, 2.75) is 18.9 Å². The highest BCUT2D eigenvalue weighted by molar-refractivity contribution is 5.20. The molecule has 1 aromatic carbocycles. The molecule has 0 spiro atoms. The maximum atomic E-state index is 13.5. The zero-order valence-corrected chi connectivity index (χ0v) is 9.54. The molecule has 0 saturated carbocycles. The quantitative estimate of drug-likeness (QED) is 0.668. The van der Waals surface area contributed by atoms with E-state index in [-0.39, 0.29) is 18.0 Å². The number of aliphatic hydroxyl groups is 1. The number of hydrogen-bond acceptors (Lipinski definition) is 3.